The predicted octanol–water partition coefficient (Wildman–Crippen LogP) is 5.59. The third-order valence-corrected chi connectivity index (χ3v) is 7.65. The Morgan fingerprint density at radius 1 is 0.692 bits per heavy atom. The van der Waals surface area contributed by atoms with Gasteiger partial charge >= 0.3 is 6.85 Å². The van der Waals surface area contributed by atoms with E-state index >= 15 is 0 Å². The van der Waals surface area contributed by atoms with E-state index in [9.17, 15) is 0 Å². The van der Waals surface area contributed by atoms with Crippen molar-refractivity contribution in [3.05, 3.63) is 128 Å². The molecule has 0 amide bonds. The molecular weight excluding hydrogens is 658 g/mol. The van der Waals surface area contributed by atoms with Crippen LogP contribution < -0.4 is 20.6 Å². The molecule has 0 saturated heterocycles. The normalized spacial score (nSPS) is 14.2. The van der Waals surface area contributed by atoms with Gasteiger partial charge in [-0.2, -0.15) is 12.7 Å². The van der Waals surface area contributed by atoms with E-state index < -0.39 is 0 Å². The van der Waals surface area contributed by atoms with Gasteiger partial charge in [0.25, 0.3) is 0 Å². The Morgan fingerprint density at radius 2 is 1.36 bits per heavy atom. The first-order chi connectivity index (χ1) is 18.8. The minimum atomic E-state index is 0. The maximum atomic E-state index is 4.62. The summed E-state index contributed by atoms with van der Waals surface area (Å²) in [4.78, 5) is 11.2. The fourth-order valence-electron chi connectivity index (χ4n) is 5.96. The summed E-state index contributed by atoms with van der Waals surface area (Å²) in [6, 6.07) is 39.9. The Bertz CT molecular complexity index is 1750. The van der Waals surface area contributed by atoms with Crippen LogP contribution in [0.25, 0.3) is 33.5 Å². The van der Waals surface area contributed by atoms with E-state index in [1.807, 2.05) is 42.5 Å². The van der Waals surface area contributed by atoms with Crippen molar-refractivity contribution in [1.29, 1.82) is 0 Å². The van der Waals surface area contributed by atoms with Crippen molar-refractivity contribution in [2.75, 3.05) is 16.8 Å². The number of pyridine rings is 1. The molecule has 3 aliphatic rings. The van der Waals surface area contributed by atoms with Crippen molar-refractivity contribution in [3.8, 4) is 33.5 Å². The van der Waals surface area contributed by atoms with Gasteiger partial charge in [-0.3, -0.25) is 0 Å². The standard InChI is InChI=1S/C33H22BN4.Pt/c1-36-18-19-37(22-36)24-14-16-28-26-9-3-5-11-30(26)34-29-10-4-2-8-25(29)27-15-13-23(31-12-6-7-17-35-31)20-32(27)38(34)33(28)21-24;/h2-19,22H,1H3;/q-3;. The minimum absolute atomic E-state index is 0. The van der Waals surface area contributed by atoms with Crippen LogP contribution in [0.1, 0.15) is 0 Å². The van der Waals surface area contributed by atoms with Gasteiger partial charge in [-0.25, -0.2) is 0 Å². The largest absolute Gasteiger partial charge is 0.510 e. The second kappa shape index (κ2) is 9.29. The molecule has 3 aliphatic heterocycles. The molecule has 0 fully saturated rings. The molecule has 4 aromatic carbocycles. The Balaban J connectivity index is 0.00000253. The summed E-state index contributed by atoms with van der Waals surface area (Å²) in [7, 11) is 2.03. The average Bonchev–Trinajstić information content (AvgIpc) is 3.43. The number of nitrogens with zero attached hydrogens (tertiary/aromatic N) is 4. The number of aromatic nitrogens is 1. The van der Waals surface area contributed by atoms with Gasteiger partial charge in [0.1, 0.15) is 0 Å². The summed E-state index contributed by atoms with van der Waals surface area (Å²) in [6.45, 7) is 2.09. The van der Waals surface area contributed by atoms with Crippen LogP contribution >= 0.6 is 0 Å². The van der Waals surface area contributed by atoms with Gasteiger partial charge in [0.2, 0.25) is 0 Å². The van der Waals surface area contributed by atoms with E-state index in [0.717, 1.165) is 28.3 Å². The molecule has 0 saturated carbocycles. The summed E-state index contributed by atoms with van der Waals surface area (Å²) >= 11 is 0. The zero-order valence-corrected chi connectivity index (χ0v) is 23.4. The van der Waals surface area contributed by atoms with E-state index in [0.29, 0.717) is 0 Å². The number of benzene rings is 4. The molecule has 8 rings (SSSR count). The van der Waals surface area contributed by atoms with Gasteiger partial charge in [0.15, 0.2) is 0 Å². The van der Waals surface area contributed by atoms with Crippen LogP contribution in [-0.4, -0.2) is 23.8 Å². The summed E-state index contributed by atoms with van der Waals surface area (Å²) in [5.74, 6) is 0. The molecule has 4 nitrogen and oxygen atoms in total. The Hall–Kier alpha value is -4.08. The summed E-state index contributed by atoms with van der Waals surface area (Å²) in [6.07, 6.45) is 5.95. The van der Waals surface area contributed by atoms with Crippen LogP contribution in [0.5, 0.6) is 0 Å². The van der Waals surface area contributed by atoms with E-state index in [1.54, 1.807) is 0 Å². The molecule has 0 aliphatic carbocycles. The number of rotatable bonds is 2. The Labute approximate surface area is 243 Å². The van der Waals surface area contributed by atoms with Crippen molar-refractivity contribution in [2.45, 2.75) is 0 Å². The van der Waals surface area contributed by atoms with E-state index in [1.165, 1.54) is 33.2 Å². The molecule has 1 aromatic heterocycles. The fourth-order valence-corrected chi connectivity index (χ4v) is 5.96. The number of hydrogen-bond acceptors (Lipinski definition) is 4. The summed E-state index contributed by atoms with van der Waals surface area (Å²) in [5.41, 5.74) is 12.5. The van der Waals surface area contributed by atoms with E-state index in [-0.39, 0.29) is 27.9 Å². The van der Waals surface area contributed by atoms with Crippen LogP contribution in [0.2, 0.25) is 0 Å². The molecule has 0 unspecified atom stereocenters. The predicted molar refractivity (Wildman–Crippen MR) is 156 cm³/mol. The fraction of sp³-hybridized carbons (Fsp3) is 0.0303. The summed E-state index contributed by atoms with van der Waals surface area (Å²) in [5, 5.41) is 0. The van der Waals surface area contributed by atoms with Crippen LogP contribution in [0.15, 0.2) is 110 Å². The molecule has 190 valence electrons. The van der Waals surface area contributed by atoms with Gasteiger partial charge in [0.05, 0.1) is 0 Å². The molecule has 6 heteroatoms. The minimum Gasteiger partial charge on any atom is -0.510 e. The molecule has 39 heavy (non-hydrogen) atoms. The van der Waals surface area contributed by atoms with E-state index in [2.05, 4.69) is 112 Å². The SMILES string of the molecule is CN1C=CN(c2[c-]c3c(cc2)-c2ccccc2B2c4ccccc4-c4ccc(-c5ccccn5)[c-]c4N23)[CH-]1.[Pt]. The molecule has 5 aromatic rings. The smallest absolute Gasteiger partial charge is 0.324 e. The average molecular weight is 680 g/mol. The third-order valence-electron chi connectivity index (χ3n) is 7.65. The van der Waals surface area contributed by atoms with Crippen LogP contribution in [0.3, 0.4) is 0 Å². The number of fused-ring (bicyclic) bond motifs is 11. The first-order valence-electron chi connectivity index (χ1n) is 12.8. The van der Waals surface area contributed by atoms with Crippen molar-refractivity contribution in [1.82, 2.24) is 9.88 Å². The zero-order valence-electron chi connectivity index (χ0n) is 21.2. The summed E-state index contributed by atoms with van der Waals surface area (Å²) < 4.78 is 0. The monoisotopic (exact) mass is 680 g/mol. The van der Waals surface area contributed by atoms with Crippen LogP contribution in [-0.2, 0) is 21.1 Å². The maximum absolute atomic E-state index is 4.62. The van der Waals surface area contributed by atoms with Crippen molar-refractivity contribution in [3.63, 3.8) is 0 Å². The zero-order chi connectivity index (χ0) is 25.2. The Morgan fingerprint density at radius 3 is 2.03 bits per heavy atom. The topological polar surface area (TPSA) is 22.6 Å². The molecule has 0 atom stereocenters. The maximum Gasteiger partial charge on any atom is 0.324 e. The van der Waals surface area contributed by atoms with Crippen molar-refractivity contribution in [2.24, 2.45) is 0 Å². The first kappa shape index (κ1) is 24.0. The quantitative estimate of drug-likeness (QED) is 0.179. The number of anilines is 3. The van der Waals surface area contributed by atoms with E-state index in [4.69, 9.17) is 0 Å². The molecule has 0 spiro atoms. The Kier molecular flexibility index (Phi) is 5.71. The van der Waals surface area contributed by atoms with Gasteiger partial charge in [-0.05, 0) is 31.2 Å². The van der Waals surface area contributed by atoms with Crippen molar-refractivity contribution < 1.29 is 21.1 Å². The van der Waals surface area contributed by atoms with Crippen LogP contribution in [0.4, 0.5) is 17.1 Å². The molecule has 0 radical (unpaired) electrons. The molecule has 0 N–H and O–H groups in total. The third kappa shape index (κ3) is 3.68. The number of hydrogen-bond donors (Lipinski definition) is 0. The molecule has 4 heterocycles. The first-order valence-corrected chi connectivity index (χ1v) is 12.8. The molecule has 0 bridgehead atoms. The van der Waals surface area contributed by atoms with Gasteiger partial charge in [-0.1, -0.05) is 99.7 Å². The molecular formula is C33H22BN4Pt-3. The van der Waals surface area contributed by atoms with Crippen molar-refractivity contribution >= 4 is 34.8 Å². The van der Waals surface area contributed by atoms with Crippen LogP contribution in [0, 0.1) is 18.8 Å². The second-order valence-electron chi connectivity index (χ2n) is 9.89. The second-order valence-corrected chi connectivity index (χ2v) is 9.89. The van der Waals surface area contributed by atoms with Gasteiger partial charge in [0, 0.05) is 27.3 Å². The van der Waals surface area contributed by atoms with Gasteiger partial charge in [-0.15, -0.1) is 47.1 Å². The van der Waals surface area contributed by atoms with Gasteiger partial charge < -0.3 is 19.6 Å².